The summed E-state index contributed by atoms with van der Waals surface area (Å²) in [5, 5.41) is 0. The summed E-state index contributed by atoms with van der Waals surface area (Å²) >= 11 is 0. The van der Waals surface area contributed by atoms with Crippen molar-refractivity contribution in [2.75, 3.05) is 0 Å². The molecule has 2 saturated heterocycles. The standard InChI is InChI=1S/C26H28BNO3/c1-2-23(28-25(29)21-16-6-7-17-22(21)26(28)30)24(18-10-4-3-5-11-18)27-19-12-8-14-20(31-27)15-9-13-19/h3-7,10-11,16-17,19-20H,2,8-9,12-15H2,1H3/b24-23-. The predicted octanol–water partition coefficient (Wildman–Crippen LogP) is 5.76. The molecular weight excluding hydrogens is 385 g/mol. The Balaban J connectivity index is 1.68. The molecule has 158 valence electrons. The first kappa shape index (κ1) is 20.3. The molecule has 0 N–H and O–H groups in total. The van der Waals surface area contributed by atoms with Gasteiger partial charge in [-0.3, -0.25) is 9.59 Å². The number of amides is 2. The minimum atomic E-state index is -0.220. The number of carbonyl (C=O) groups is 2. The minimum Gasteiger partial charge on any atom is -0.428 e. The van der Waals surface area contributed by atoms with E-state index < -0.39 is 0 Å². The van der Waals surface area contributed by atoms with Gasteiger partial charge in [-0.2, -0.15) is 0 Å². The third kappa shape index (κ3) is 3.55. The van der Waals surface area contributed by atoms with Gasteiger partial charge in [-0.1, -0.05) is 75.1 Å². The molecule has 2 bridgehead atoms. The van der Waals surface area contributed by atoms with Crippen molar-refractivity contribution in [1.29, 1.82) is 0 Å². The highest BCUT2D eigenvalue weighted by atomic mass is 16.4. The normalized spacial score (nSPS) is 24.0. The molecule has 0 saturated carbocycles. The van der Waals surface area contributed by atoms with Crippen molar-refractivity contribution in [3.63, 3.8) is 0 Å². The maximum Gasteiger partial charge on any atom is 0.332 e. The van der Waals surface area contributed by atoms with Crippen LogP contribution in [0.15, 0.2) is 60.3 Å². The molecule has 0 unspecified atom stereocenters. The molecule has 3 aliphatic rings. The molecule has 2 aromatic rings. The van der Waals surface area contributed by atoms with Crippen molar-refractivity contribution >= 4 is 24.2 Å². The van der Waals surface area contributed by atoms with Crippen LogP contribution < -0.4 is 0 Å². The summed E-state index contributed by atoms with van der Waals surface area (Å²) in [4.78, 5) is 28.1. The number of fused-ring (bicyclic) bond motifs is 4. The lowest BCUT2D eigenvalue weighted by Crippen LogP contribution is -2.35. The lowest BCUT2D eigenvalue weighted by atomic mass is 9.46. The minimum absolute atomic E-state index is 0.0864. The summed E-state index contributed by atoms with van der Waals surface area (Å²) in [7, 11) is 0. The number of allylic oxidation sites excluding steroid dienone is 1. The highest BCUT2D eigenvalue weighted by Crippen LogP contribution is 2.43. The number of imide groups is 1. The molecule has 0 spiro atoms. The Morgan fingerprint density at radius 2 is 1.48 bits per heavy atom. The van der Waals surface area contributed by atoms with Crippen molar-refractivity contribution in [1.82, 2.24) is 4.90 Å². The fourth-order valence-electron chi connectivity index (χ4n) is 5.58. The maximum absolute atomic E-state index is 13.4. The highest BCUT2D eigenvalue weighted by Gasteiger charge is 2.43. The molecule has 2 fully saturated rings. The Kier molecular flexibility index (Phi) is 5.53. The smallest absolute Gasteiger partial charge is 0.332 e. The molecule has 31 heavy (non-hydrogen) atoms. The number of rotatable bonds is 4. The molecule has 0 aromatic heterocycles. The lowest BCUT2D eigenvalue weighted by molar-refractivity contribution is 0.0701. The summed E-state index contributed by atoms with van der Waals surface area (Å²) in [5.74, 6) is -0.0237. The summed E-state index contributed by atoms with van der Waals surface area (Å²) < 4.78 is 6.73. The quantitative estimate of drug-likeness (QED) is 0.473. The van der Waals surface area contributed by atoms with Gasteiger partial charge in [-0.25, -0.2) is 4.90 Å². The third-order valence-electron chi connectivity index (χ3n) is 7.05. The van der Waals surface area contributed by atoms with Crippen LogP contribution in [0.5, 0.6) is 0 Å². The first-order valence-electron chi connectivity index (χ1n) is 11.6. The zero-order valence-corrected chi connectivity index (χ0v) is 18.0. The van der Waals surface area contributed by atoms with Gasteiger partial charge < -0.3 is 4.65 Å². The van der Waals surface area contributed by atoms with E-state index in [1.165, 1.54) is 17.7 Å². The summed E-state index contributed by atoms with van der Waals surface area (Å²) in [6, 6.07) is 17.4. The fraction of sp³-hybridized carbons (Fsp3) is 0.385. The van der Waals surface area contributed by atoms with Crippen LogP contribution in [0.2, 0.25) is 5.82 Å². The van der Waals surface area contributed by atoms with Crippen molar-refractivity contribution in [2.45, 2.75) is 63.8 Å². The highest BCUT2D eigenvalue weighted by molar-refractivity contribution is 6.75. The van der Waals surface area contributed by atoms with Crippen molar-refractivity contribution in [2.24, 2.45) is 0 Å². The molecule has 2 amide bonds. The number of carbonyl (C=O) groups excluding carboxylic acids is 2. The molecule has 5 rings (SSSR count). The molecule has 0 radical (unpaired) electrons. The Bertz CT molecular complexity index is 987. The van der Waals surface area contributed by atoms with Crippen LogP contribution in [-0.2, 0) is 4.65 Å². The van der Waals surface area contributed by atoms with Gasteiger partial charge in [0.05, 0.1) is 11.1 Å². The summed E-state index contributed by atoms with van der Waals surface area (Å²) in [6.45, 7) is 1.95. The Morgan fingerprint density at radius 1 is 0.903 bits per heavy atom. The molecule has 5 heteroatoms. The van der Waals surface area contributed by atoms with Crippen molar-refractivity contribution in [3.8, 4) is 0 Å². The summed E-state index contributed by atoms with van der Waals surface area (Å²) in [6.07, 6.45) is 7.69. The van der Waals surface area contributed by atoms with Gasteiger partial charge >= 0.3 is 6.92 Å². The first-order chi connectivity index (χ1) is 15.2. The number of benzene rings is 2. The largest absolute Gasteiger partial charge is 0.428 e. The van der Waals surface area contributed by atoms with Crippen LogP contribution in [0, 0.1) is 0 Å². The molecule has 4 nitrogen and oxygen atoms in total. The molecule has 3 aliphatic heterocycles. The number of nitrogens with zero attached hydrogens (tertiary/aromatic N) is 1. The summed E-state index contributed by atoms with van der Waals surface area (Å²) in [5.41, 5.74) is 3.84. The van der Waals surface area contributed by atoms with E-state index in [-0.39, 0.29) is 24.8 Å². The van der Waals surface area contributed by atoms with Gasteiger partial charge in [0.1, 0.15) is 0 Å². The fourth-order valence-corrected chi connectivity index (χ4v) is 5.58. The van der Waals surface area contributed by atoms with Crippen LogP contribution in [0.4, 0.5) is 0 Å². The second-order valence-corrected chi connectivity index (χ2v) is 8.87. The van der Waals surface area contributed by atoms with Crippen molar-refractivity contribution in [3.05, 3.63) is 77.0 Å². The van der Waals surface area contributed by atoms with E-state index in [1.807, 2.05) is 37.3 Å². The molecule has 3 heterocycles. The second kappa shape index (κ2) is 8.47. The van der Waals surface area contributed by atoms with E-state index in [0.717, 1.165) is 42.4 Å². The molecule has 0 aliphatic carbocycles. The van der Waals surface area contributed by atoms with Crippen LogP contribution in [0.3, 0.4) is 0 Å². The van der Waals surface area contributed by atoms with E-state index in [0.29, 0.717) is 23.4 Å². The van der Waals surface area contributed by atoms with Gasteiger partial charge in [0.25, 0.3) is 11.8 Å². The van der Waals surface area contributed by atoms with Crippen LogP contribution in [-0.4, -0.2) is 29.7 Å². The first-order valence-corrected chi connectivity index (χ1v) is 11.6. The zero-order chi connectivity index (χ0) is 21.4. The zero-order valence-electron chi connectivity index (χ0n) is 18.0. The van der Waals surface area contributed by atoms with E-state index in [9.17, 15) is 9.59 Å². The Morgan fingerprint density at radius 3 is 2.06 bits per heavy atom. The van der Waals surface area contributed by atoms with Gasteiger partial charge in [0.2, 0.25) is 0 Å². The lowest BCUT2D eigenvalue weighted by Gasteiger charge is -2.29. The predicted molar refractivity (Wildman–Crippen MR) is 123 cm³/mol. The Hall–Kier alpha value is -2.66. The van der Waals surface area contributed by atoms with Crippen molar-refractivity contribution < 1.29 is 14.2 Å². The molecular formula is C26H28BNO3. The van der Waals surface area contributed by atoms with Gasteiger partial charge in [-0.05, 0) is 48.2 Å². The van der Waals surface area contributed by atoms with E-state index >= 15 is 0 Å². The average Bonchev–Trinajstić information content (AvgIpc) is 2.97. The monoisotopic (exact) mass is 413 g/mol. The second-order valence-electron chi connectivity index (χ2n) is 8.87. The van der Waals surface area contributed by atoms with Gasteiger partial charge in [0.15, 0.2) is 0 Å². The van der Waals surface area contributed by atoms with Crippen LogP contribution in [0.1, 0.15) is 78.1 Å². The number of hydrogen-bond acceptors (Lipinski definition) is 3. The topological polar surface area (TPSA) is 46.6 Å². The third-order valence-corrected chi connectivity index (χ3v) is 7.05. The van der Waals surface area contributed by atoms with Gasteiger partial charge in [0, 0.05) is 11.8 Å². The molecule has 0 atom stereocenters. The SMILES string of the molecule is CC/C(=C(/B1OC2CCCC1CCC2)c1ccccc1)N1C(=O)c2ccccc2C1=O. The van der Waals surface area contributed by atoms with E-state index in [4.69, 9.17) is 4.65 Å². The van der Waals surface area contributed by atoms with Crippen LogP contribution >= 0.6 is 0 Å². The number of hydrogen-bond donors (Lipinski definition) is 0. The maximum atomic E-state index is 13.4. The van der Waals surface area contributed by atoms with Crippen LogP contribution in [0.25, 0.3) is 5.47 Å². The van der Waals surface area contributed by atoms with E-state index in [2.05, 4.69) is 12.1 Å². The average molecular weight is 413 g/mol. The van der Waals surface area contributed by atoms with E-state index in [1.54, 1.807) is 12.1 Å². The van der Waals surface area contributed by atoms with Gasteiger partial charge in [-0.15, -0.1) is 0 Å². The molecule has 2 aromatic carbocycles. The Labute approximate surface area is 184 Å².